The molecule has 6 aromatic rings. The van der Waals surface area contributed by atoms with Crippen LogP contribution in [0.3, 0.4) is 0 Å². The molecule has 12 rings (SSSR count). The fraction of sp³-hybridized carbons (Fsp3) is 0.310. The molecule has 6 aliphatic carbocycles. The molecule has 8 nitrogen and oxygen atoms in total. The van der Waals surface area contributed by atoms with E-state index < -0.39 is 0 Å². The molecule has 66 heavy (non-hydrogen) atoms. The van der Waals surface area contributed by atoms with Gasteiger partial charge in [-0.1, -0.05) is 151 Å². The minimum Gasteiger partial charge on any atom is -0.493 e. The van der Waals surface area contributed by atoms with Crippen LogP contribution in [0.15, 0.2) is 119 Å². The molecule has 0 fully saturated rings. The van der Waals surface area contributed by atoms with E-state index >= 15 is 0 Å². The first-order valence-corrected chi connectivity index (χ1v) is 23.6. The lowest BCUT2D eigenvalue weighted by Crippen LogP contribution is -2.35. The maximum Gasteiger partial charge on any atom is 0.135 e. The van der Waals surface area contributed by atoms with Gasteiger partial charge in [0, 0.05) is 57.7 Å². The quantitative estimate of drug-likeness (QED) is 0.0316. The van der Waals surface area contributed by atoms with Gasteiger partial charge in [0.15, 0.2) is 0 Å². The average Bonchev–Trinajstić information content (AvgIpc) is 3.35. The van der Waals surface area contributed by atoms with Crippen molar-refractivity contribution in [3.63, 3.8) is 0 Å². The van der Waals surface area contributed by atoms with Gasteiger partial charge in [0.25, 0.3) is 0 Å². The minimum absolute atomic E-state index is 0.00599. The van der Waals surface area contributed by atoms with E-state index in [1.54, 1.807) is 0 Å². The molecule has 6 aromatic carbocycles. The van der Waals surface area contributed by atoms with Crippen LogP contribution in [0, 0.1) is 30.6 Å². The predicted molar refractivity (Wildman–Crippen MR) is 262 cm³/mol. The van der Waals surface area contributed by atoms with E-state index in [9.17, 15) is 0 Å². The predicted octanol–water partition coefficient (Wildman–Crippen LogP) is 14.2. The fourth-order valence-corrected chi connectivity index (χ4v) is 11.4. The molecule has 0 N–H and O–H groups in total. The third kappa shape index (κ3) is 7.53. The Labute approximate surface area is 387 Å². The monoisotopic (exact) mass is 864 g/mol. The molecule has 0 amide bonds. The van der Waals surface area contributed by atoms with E-state index in [2.05, 4.69) is 160 Å². The van der Waals surface area contributed by atoms with Gasteiger partial charge >= 0.3 is 0 Å². The van der Waals surface area contributed by atoms with Crippen LogP contribution in [0.1, 0.15) is 171 Å². The van der Waals surface area contributed by atoms with Gasteiger partial charge in [0.1, 0.15) is 11.5 Å². The van der Waals surface area contributed by atoms with E-state index in [1.165, 1.54) is 72.3 Å². The van der Waals surface area contributed by atoms with Crippen LogP contribution in [0.5, 0.6) is 11.5 Å². The van der Waals surface area contributed by atoms with Crippen molar-refractivity contribution < 1.29 is 9.47 Å². The molecule has 0 atom stereocenters. The number of aryl methyl sites for hydroxylation is 1. The van der Waals surface area contributed by atoms with Crippen molar-refractivity contribution in [1.82, 2.24) is 0 Å². The van der Waals surface area contributed by atoms with Gasteiger partial charge < -0.3 is 9.47 Å². The van der Waals surface area contributed by atoms with Crippen molar-refractivity contribution in [2.24, 2.45) is 10.2 Å². The number of hydrogen-bond acceptors (Lipinski definition) is 4. The van der Waals surface area contributed by atoms with Crippen LogP contribution in [-0.2, 0) is 0 Å². The fourth-order valence-electron chi connectivity index (χ4n) is 11.4. The molecule has 0 heterocycles. The van der Waals surface area contributed by atoms with Crippen molar-refractivity contribution in [3.05, 3.63) is 219 Å². The normalized spacial score (nSPS) is 16.8. The van der Waals surface area contributed by atoms with Crippen LogP contribution >= 0.6 is 0 Å². The molecular weight excluding hydrogens is 813 g/mol. The summed E-state index contributed by atoms with van der Waals surface area (Å²) in [6.07, 6.45) is 7.46. The summed E-state index contributed by atoms with van der Waals surface area (Å²) in [5.41, 5.74) is 37.4. The Balaban J connectivity index is 1.15. The number of hydrogen-bond donors (Lipinski definition) is 0. The highest BCUT2D eigenvalue weighted by Gasteiger charge is 2.50. The summed E-state index contributed by atoms with van der Waals surface area (Å²) >= 11 is 0. The van der Waals surface area contributed by atoms with Crippen molar-refractivity contribution in [1.29, 1.82) is 0 Å². The van der Waals surface area contributed by atoms with E-state index in [-0.39, 0.29) is 23.7 Å². The SMILES string of the molecule is CC#Cc1c2c(c(C#Cc3cc(OCCCCCCN=[N+]=[N-])c(C)cc3OCCCCCCN=[N+]=[N-])c3c1C1c4ccccc4C3c3ccccc31)C1c3ccccc3C2c2ccccc21. The second-order valence-corrected chi connectivity index (χ2v) is 17.8. The Bertz CT molecular complexity index is 2880. The van der Waals surface area contributed by atoms with Crippen molar-refractivity contribution in [3.8, 4) is 35.2 Å². The summed E-state index contributed by atoms with van der Waals surface area (Å²) in [6, 6.07) is 40.3. The number of unbranched alkanes of at least 4 members (excludes halogenated alkanes) is 6. The number of ether oxygens (including phenoxy) is 2. The van der Waals surface area contributed by atoms with Crippen LogP contribution < -0.4 is 9.47 Å². The zero-order chi connectivity index (χ0) is 45.0. The lowest BCUT2D eigenvalue weighted by Gasteiger charge is -2.48. The first-order chi connectivity index (χ1) is 32.6. The van der Waals surface area contributed by atoms with Gasteiger partial charge in [0.05, 0.1) is 18.8 Å². The van der Waals surface area contributed by atoms with Crippen molar-refractivity contribution in [2.45, 2.75) is 88.9 Å². The van der Waals surface area contributed by atoms with Crippen molar-refractivity contribution >= 4 is 0 Å². The van der Waals surface area contributed by atoms with Crippen LogP contribution in [0.25, 0.3) is 20.9 Å². The summed E-state index contributed by atoms with van der Waals surface area (Å²) in [4.78, 5) is 5.77. The molecule has 0 aromatic heterocycles. The van der Waals surface area contributed by atoms with E-state index in [0.717, 1.165) is 79.6 Å². The Morgan fingerprint density at radius 2 is 0.833 bits per heavy atom. The molecular formula is C58H52N6O2. The molecule has 0 spiro atoms. The maximum absolute atomic E-state index is 8.69. The smallest absolute Gasteiger partial charge is 0.135 e. The second kappa shape index (κ2) is 19.0. The van der Waals surface area contributed by atoms with E-state index in [0.29, 0.717) is 26.3 Å². The summed E-state index contributed by atoms with van der Waals surface area (Å²) in [5, 5.41) is 7.37. The highest BCUT2D eigenvalue weighted by molar-refractivity contribution is 5.82. The zero-order valence-electron chi connectivity index (χ0n) is 37.7. The molecule has 4 bridgehead atoms. The molecule has 8 heteroatoms. The average molecular weight is 865 g/mol. The molecule has 0 aliphatic heterocycles. The second-order valence-electron chi connectivity index (χ2n) is 17.8. The summed E-state index contributed by atoms with van der Waals surface area (Å²) in [7, 11) is 0. The van der Waals surface area contributed by atoms with Gasteiger partial charge in [0.2, 0.25) is 0 Å². The van der Waals surface area contributed by atoms with Gasteiger partial charge in [-0.25, -0.2) is 0 Å². The largest absolute Gasteiger partial charge is 0.493 e. The van der Waals surface area contributed by atoms with Crippen LogP contribution in [-0.4, -0.2) is 26.3 Å². The van der Waals surface area contributed by atoms with Gasteiger partial charge in [-0.15, -0.1) is 5.92 Å². The molecule has 0 saturated carbocycles. The summed E-state index contributed by atoms with van der Waals surface area (Å²) < 4.78 is 13.2. The Morgan fingerprint density at radius 3 is 1.21 bits per heavy atom. The molecule has 0 saturated heterocycles. The third-order valence-corrected chi connectivity index (χ3v) is 14.1. The Hall–Kier alpha value is -7.34. The number of rotatable bonds is 16. The molecule has 326 valence electrons. The van der Waals surface area contributed by atoms with Gasteiger partial charge in [-0.05, 0) is 135 Å². The summed E-state index contributed by atoms with van der Waals surface area (Å²) in [6.45, 7) is 6.23. The lowest BCUT2D eigenvalue weighted by molar-refractivity contribution is 0.294. The first-order valence-electron chi connectivity index (χ1n) is 23.6. The van der Waals surface area contributed by atoms with Crippen LogP contribution in [0.2, 0.25) is 0 Å². The van der Waals surface area contributed by atoms with E-state index in [4.69, 9.17) is 20.5 Å². The highest BCUT2D eigenvalue weighted by Crippen LogP contribution is 2.64. The zero-order valence-corrected chi connectivity index (χ0v) is 37.7. The molecule has 0 unspecified atom stereocenters. The maximum atomic E-state index is 8.69. The van der Waals surface area contributed by atoms with Crippen molar-refractivity contribution in [2.75, 3.05) is 26.3 Å². The molecule has 0 radical (unpaired) electrons. The Morgan fingerprint density at radius 1 is 0.470 bits per heavy atom. The number of azide groups is 2. The number of nitrogens with zero attached hydrogens (tertiary/aromatic N) is 6. The standard InChI is InChI=1S/C58H52N6O2/c1-3-20-47-55-51-39-21-8-12-25-43(39)53(44-26-13-9-22-40(44)51)57(55)48(58-54-45-27-14-10-23-41(45)52(56(47)58)42-24-11-15-28-46(42)54)30-29-38-36-49(65-33-18-6-4-16-31-61-63-59)37(2)35-50(38)66-34-19-7-5-17-32-62-64-60/h8-15,21-28,35-36,51-54H,4-7,16-19,31-34H2,1-2H3. The Kier molecular flexibility index (Phi) is 12.3. The van der Waals surface area contributed by atoms with Crippen LogP contribution in [0.4, 0.5) is 0 Å². The molecule has 6 aliphatic rings. The number of benzene rings is 6. The highest BCUT2D eigenvalue weighted by atomic mass is 16.5. The minimum atomic E-state index is -0.00599. The summed E-state index contributed by atoms with van der Waals surface area (Å²) in [5.74, 6) is 16.6. The first kappa shape index (κ1) is 42.6. The topological polar surface area (TPSA) is 116 Å². The third-order valence-electron chi connectivity index (χ3n) is 14.1. The van der Waals surface area contributed by atoms with E-state index in [1.807, 2.05) is 6.92 Å². The van der Waals surface area contributed by atoms with Gasteiger partial charge in [-0.3, -0.25) is 0 Å². The lowest BCUT2D eigenvalue weighted by atomic mass is 9.53. The van der Waals surface area contributed by atoms with Gasteiger partial charge in [-0.2, -0.15) is 0 Å².